The molecule has 16 heavy (non-hydrogen) atoms. The minimum absolute atomic E-state index is 0.0807. The zero-order valence-electron chi connectivity index (χ0n) is 9.65. The summed E-state index contributed by atoms with van der Waals surface area (Å²) in [6, 6.07) is 10.4. The van der Waals surface area contributed by atoms with Gasteiger partial charge in [0.1, 0.15) is 0 Å². The lowest BCUT2D eigenvalue weighted by atomic mass is 10.2. The van der Waals surface area contributed by atoms with Gasteiger partial charge >= 0.3 is 5.97 Å². The Kier molecular flexibility index (Phi) is 6.74. The summed E-state index contributed by atoms with van der Waals surface area (Å²) in [5.41, 5.74) is 1.34. The molecule has 0 aromatic heterocycles. The van der Waals surface area contributed by atoms with Crippen LogP contribution in [0.3, 0.4) is 0 Å². The Labute approximate surface area is 101 Å². The van der Waals surface area contributed by atoms with Crippen LogP contribution in [-0.4, -0.2) is 18.3 Å². The molecule has 0 saturated carbocycles. The number of rotatable bonds is 7. The van der Waals surface area contributed by atoms with Gasteiger partial charge < -0.3 is 4.74 Å². The Morgan fingerprint density at radius 1 is 1.31 bits per heavy atom. The number of esters is 1. The monoisotopic (exact) mass is 238 g/mol. The van der Waals surface area contributed by atoms with Crippen LogP contribution in [0.15, 0.2) is 30.3 Å². The second kappa shape index (κ2) is 8.22. The van der Waals surface area contributed by atoms with E-state index >= 15 is 0 Å². The molecule has 0 radical (unpaired) electrons. The number of hydrogen-bond acceptors (Lipinski definition) is 3. The average Bonchev–Trinajstić information content (AvgIpc) is 2.30. The summed E-state index contributed by atoms with van der Waals surface area (Å²) in [5, 5.41) is 0. The zero-order valence-corrected chi connectivity index (χ0v) is 10.5. The van der Waals surface area contributed by atoms with Crippen LogP contribution in [0.25, 0.3) is 0 Å². The van der Waals surface area contributed by atoms with Crippen molar-refractivity contribution in [2.24, 2.45) is 0 Å². The molecule has 0 bridgehead atoms. The third-order valence-corrected chi connectivity index (χ3v) is 3.20. The van der Waals surface area contributed by atoms with Crippen LogP contribution >= 0.6 is 11.8 Å². The summed E-state index contributed by atoms with van der Waals surface area (Å²) in [6.07, 6.45) is 1.44. The molecule has 0 spiro atoms. The van der Waals surface area contributed by atoms with Crippen molar-refractivity contribution in [3.05, 3.63) is 35.9 Å². The van der Waals surface area contributed by atoms with Gasteiger partial charge in [0.05, 0.1) is 6.61 Å². The largest absolute Gasteiger partial charge is 0.466 e. The molecule has 0 aliphatic carbocycles. The number of ether oxygens (including phenoxy) is 1. The van der Waals surface area contributed by atoms with E-state index in [0.29, 0.717) is 13.0 Å². The van der Waals surface area contributed by atoms with Gasteiger partial charge in [-0.2, -0.15) is 11.8 Å². The van der Waals surface area contributed by atoms with Crippen molar-refractivity contribution in [1.29, 1.82) is 0 Å². The van der Waals surface area contributed by atoms with Gasteiger partial charge in [0, 0.05) is 12.2 Å². The van der Waals surface area contributed by atoms with Crippen molar-refractivity contribution < 1.29 is 9.53 Å². The van der Waals surface area contributed by atoms with Gasteiger partial charge in [-0.3, -0.25) is 4.79 Å². The molecule has 0 heterocycles. The highest BCUT2D eigenvalue weighted by Crippen LogP contribution is 2.13. The van der Waals surface area contributed by atoms with E-state index in [2.05, 4.69) is 24.3 Å². The third kappa shape index (κ3) is 5.81. The highest BCUT2D eigenvalue weighted by molar-refractivity contribution is 7.98. The van der Waals surface area contributed by atoms with E-state index in [1.165, 1.54) is 5.56 Å². The third-order valence-electron chi connectivity index (χ3n) is 2.09. The second-order valence-corrected chi connectivity index (χ2v) is 4.55. The normalized spacial score (nSPS) is 10.1. The fourth-order valence-electron chi connectivity index (χ4n) is 1.32. The maximum absolute atomic E-state index is 11.0. The fraction of sp³-hybridized carbons (Fsp3) is 0.462. The number of carbonyl (C=O) groups excluding carboxylic acids is 1. The summed E-state index contributed by atoms with van der Waals surface area (Å²) < 4.78 is 4.86. The van der Waals surface area contributed by atoms with Crippen molar-refractivity contribution in [2.75, 3.05) is 12.4 Å². The van der Waals surface area contributed by atoms with E-state index < -0.39 is 0 Å². The van der Waals surface area contributed by atoms with Crippen molar-refractivity contribution in [1.82, 2.24) is 0 Å². The minimum Gasteiger partial charge on any atom is -0.466 e. The SMILES string of the molecule is CCOC(=O)CCCSCc1ccccc1. The first-order chi connectivity index (χ1) is 7.83. The molecule has 0 N–H and O–H groups in total. The molecule has 1 aromatic carbocycles. The van der Waals surface area contributed by atoms with Crippen molar-refractivity contribution in [3.63, 3.8) is 0 Å². The van der Waals surface area contributed by atoms with Gasteiger partial charge in [-0.25, -0.2) is 0 Å². The van der Waals surface area contributed by atoms with Crippen molar-refractivity contribution in [2.45, 2.75) is 25.5 Å². The molecule has 0 aliphatic rings. The van der Waals surface area contributed by atoms with E-state index in [1.807, 2.05) is 24.8 Å². The molecule has 0 fully saturated rings. The highest BCUT2D eigenvalue weighted by Gasteiger charge is 2.00. The molecule has 88 valence electrons. The number of benzene rings is 1. The van der Waals surface area contributed by atoms with Crippen LogP contribution in [0, 0.1) is 0 Å². The maximum Gasteiger partial charge on any atom is 0.305 e. The van der Waals surface area contributed by atoms with Gasteiger partial charge in [-0.1, -0.05) is 30.3 Å². The zero-order chi connectivity index (χ0) is 11.6. The first-order valence-corrected chi connectivity index (χ1v) is 6.75. The van der Waals surface area contributed by atoms with Crippen LogP contribution in [0.2, 0.25) is 0 Å². The van der Waals surface area contributed by atoms with E-state index in [9.17, 15) is 4.79 Å². The standard InChI is InChI=1S/C13H18O2S/c1-2-15-13(14)9-6-10-16-11-12-7-4-3-5-8-12/h3-5,7-8H,2,6,9-11H2,1H3. The molecule has 0 saturated heterocycles. The molecule has 0 amide bonds. The summed E-state index contributed by atoms with van der Waals surface area (Å²) in [6.45, 7) is 2.32. The maximum atomic E-state index is 11.0. The van der Waals surface area contributed by atoms with Gasteiger partial charge in [0.2, 0.25) is 0 Å². The Hall–Kier alpha value is -0.960. The highest BCUT2D eigenvalue weighted by atomic mass is 32.2. The van der Waals surface area contributed by atoms with E-state index in [0.717, 1.165) is 17.9 Å². The fourth-order valence-corrected chi connectivity index (χ4v) is 2.24. The summed E-state index contributed by atoms with van der Waals surface area (Å²) in [7, 11) is 0. The molecule has 3 heteroatoms. The lowest BCUT2D eigenvalue weighted by Gasteiger charge is -2.02. The Morgan fingerprint density at radius 3 is 2.75 bits per heavy atom. The van der Waals surface area contributed by atoms with Crippen LogP contribution < -0.4 is 0 Å². The smallest absolute Gasteiger partial charge is 0.305 e. The van der Waals surface area contributed by atoms with Crippen molar-refractivity contribution in [3.8, 4) is 0 Å². The van der Waals surface area contributed by atoms with E-state index in [-0.39, 0.29) is 5.97 Å². The number of carbonyl (C=O) groups is 1. The van der Waals surface area contributed by atoms with Crippen LogP contribution in [0.4, 0.5) is 0 Å². The molecule has 0 atom stereocenters. The Bertz CT molecular complexity index is 298. The summed E-state index contributed by atoms with van der Waals surface area (Å²) in [4.78, 5) is 11.0. The molecule has 0 unspecified atom stereocenters. The van der Waals surface area contributed by atoms with Gasteiger partial charge in [-0.15, -0.1) is 0 Å². The van der Waals surface area contributed by atoms with Gasteiger partial charge in [0.15, 0.2) is 0 Å². The summed E-state index contributed by atoms with van der Waals surface area (Å²) in [5.74, 6) is 1.94. The lowest BCUT2D eigenvalue weighted by Crippen LogP contribution is -2.03. The van der Waals surface area contributed by atoms with Crippen molar-refractivity contribution >= 4 is 17.7 Å². The number of hydrogen-bond donors (Lipinski definition) is 0. The Morgan fingerprint density at radius 2 is 2.06 bits per heavy atom. The predicted molar refractivity (Wildman–Crippen MR) is 68.5 cm³/mol. The molecule has 2 nitrogen and oxygen atoms in total. The van der Waals surface area contributed by atoms with Gasteiger partial charge in [-0.05, 0) is 24.7 Å². The van der Waals surface area contributed by atoms with Gasteiger partial charge in [0.25, 0.3) is 0 Å². The molecule has 0 aliphatic heterocycles. The van der Waals surface area contributed by atoms with E-state index in [4.69, 9.17) is 4.74 Å². The van der Waals surface area contributed by atoms with E-state index in [1.54, 1.807) is 0 Å². The molecule has 1 rings (SSSR count). The first kappa shape index (κ1) is 13.1. The number of thioether (sulfide) groups is 1. The Balaban J connectivity index is 2.02. The quantitative estimate of drug-likeness (QED) is 0.539. The van der Waals surface area contributed by atoms with Crippen LogP contribution in [0.1, 0.15) is 25.3 Å². The van der Waals surface area contributed by atoms with Crippen LogP contribution in [0.5, 0.6) is 0 Å². The molecular formula is C13H18O2S. The molecular weight excluding hydrogens is 220 g/mol. The molecule has 1 aromatic rings. The first-order valence-electron chi connectivity index (χ1n) is 5.60. The average molecular weight is 238 g/mol. The second-order valence-electron chi connectivity index (χ2n) is 3.45. The lowest BCUT2D eigenvalue weighted by molar-refractivity contribution is -0.143. The minimum atomic E-state index is -0.0807. The topological polar surface area (TPSA) is 26.3 Å². The van der Waals surface area contributed by atoms with Crippen LogP contribution in [-0.2, 0) is 15.3 Å². The predicted octanol–water partition coefficient (Wildman–Crippen LogP) is 3.26. The summed E-state index contributed by atoms with van der Waals surface area (Å²) >= 11 is 1.86.